The Morgan fingerprint density at radius 1 is 1.12 bits per heavy atom. The number of carbonyl (C=O) groups excluding carboxylic acids is 1. The third-order valence-corrected chi connectivity index (χ3v) is 3.59. The van der Waals surface area contributed by atoms with Crippen molar-refractivity contribution >= 4 is 29.7 Å². The van der Waals surface area contributed by atoms with Gasteiger partial charge in [-0.2, -0.15) is 13.2 Å². The third kappa shape index (κ3) is 4.72. The van der Waals surface area contributed by atoms with Crippen LogP contribution in [0.15, 0.2) is 42.5 Å². The summed E-state index contributed by atoms with van der Waals surface area (Å²) in [7, 11) is 0. The molecule has 0 unspecified atom stereocenters. The average Bonchev–Trinajstić information content (AvgIpc) is 2.60. The molecule has 1 amide bonds. The smallest absolute Gasteiger partial charge is 0.416 e. The molecule has 2 N–H and O–H groups in total. The van der Waals surface area contributed by atoms with Crippen molar-refractivity contribution in [2.75, 3.05) is 5.32 Å². The van der Waals surface area contributed by atoms with Crippen LogP contribution < -0.4 is 5.32 Å². The minimum absolute atomic E-state index is 0.0276. The number of carbonyl (C=O) groups is 2. The van der Waals surface area contributed by atoms with Crippen LogP contribution in [0.25, 0.3) is 12.2 Å². The van der Waals surface area contributed by atoms with Crippen LogP contribution in [-0.4, -0.2) is 17.0 Å². The number of halogens is 3. The third-order valence-electron chi connectivity index (χ3n) is 3.59. The summed E-state index contributed by atoms with van der Waals surface area (Å²) in [5.41, 5.74) is -0.411. The lowest BCUT2D eigenvalue weighted by atomic mass is 10.0. The molecule has 2 aromatic rings. The van der Waals surface area contributed by atoms with Crippen molar-refractivity contribution in [1.29, 1.82) is 0 Å². The molecular weight excluding hydrogens is 347 g/mol. The van der Waals surface area contributed by atoms with Crippen LogP contribution in [0.4, 0.5) is 18.9 Å². The maximum absolute atomic E-state index is 13.0. The first-order valence-corrected chi connectivity index (χ1v) is 7.74. The highest BCUT2D eigenvalue weighted by molar-refractivity contribution is 6.01. The highest BCUT2D eigenvalue weighted by Crippen LogP contribution is 2.32. The molecule has 0 saturated carbocycles. The lowest BCUT2D eigenvalue weighted by molar-refractivity contribution is -0.137. The van der Waals surface area contributed by atoms with Gasteiger partial charge in [-0.3, -0.25) is 4.79 Å². The second-order valence-corrected chi connectivity index (χ2v) is 5.43. The summed E-state index contributed by atoms with van der Waals surface area (Å²) in [6.45, 7) is 1.63. The fraction of sp³-hybridized carbons (Fsp3) is 0.158. The molecule has 0 bridgehead atoms. The molecule has 2 rings (SSSR count). The summed E-state index contributed by atoms with van der Waals surface area (Å²) < 4.78 is 39.0. The largest absolute Gasteiger partial charge is 0.478 e. The van der Waals surface area contributed by atoms with Gasteiger partial charge in [-0.05, 0) is 29.3 Å². The Morgan fingerprint density at radius 2 is 1.81 bits per heavy atom. The summed E-state index contributed by atoms with van der Waals surface area (Å²) in [6, 6.07) is 9.31. The molecule has 136 valence electrons. The molecule has 4 nitrogen and oxygen atoms in total. The van der Waals surface area contributed by atoms with E-state index in [1.165, 1.54) is 48.6 Å². The Labute approximate surface area is 148 Å². The van der Waals surface area contributed by atoms with E-state index < -0.39 is 17.7 Å². The van der Waals surface area contributed by atoms with Gasteiger partial charge in [0.05, 0.1) is 16.8 Å². The van der Waals surface area contributed by atoms with E-state index in [-0.39, 0.29) is 29.1 Å². The number of hydrogen-bond donors (Lipinski definition) is 2. The summed E-state index contributed by atoms with van der Waals surface area (Å²) in [5.74, 6) is -1.59. The van der Waals surface area contributed by atoms with Crippen molar-refractivity contribution in [3.8, 4) is 0 Å². The number of rotatable bonds is 5. The molecule has 0 fully saturated rings. The van der Waals surface area contributed by atoms with Gasteiger partial charge in [0, 0.05) is 6.42 Å². The number of anilines is 1. The Kier molecular flexibility index (Phi) is 5.82. The molecule has 0 atom stereocenters. The Hall–Kier alpha value is -3.09. The van der Waals surface area contributed by atoms with Gasteiger partial charge in [0.2, 0.25) is 5.91 Å². The van der Waals surface area contributed by atoms with E-state index in [4.69, 9.17) is 0 Å². The molecule has 7 heteroatoms. The lowest BCUT2D eigenvalue weighted by Crippen LogP contribution is -2.13. The van der Waals surface area contributed by atoms with Crippen molar-refractivity contribution in [3.63, 3.8) is 0 Å². The van der Waals surface area contributed by atoms with Crippen molar-refractivity contribution < 1.29 is 27.9 Å². The van der Waals surface area contributed by atoms with Crippen LogP contribution in [-0.2, 0) is 11.0 Å². The number of benzene rings is 2. The van der Waals surface area contributed by atoms with Crippen LogP contribution in [0.5, 0.6) is 0 Å². The van der Waals surface area contributed by atoms with Crippen molar-refractivity contribution in [2.45, 2.75) is 19.5 Å². The number of aromatic carboxylic acids is 1. The number of hydrogen-bond acceptors (Lipinski definition) is 2. The summed E-state index contributed by atoms with van der Waals surface area (Å²) >= 11 is 0. The normalized spacial score (nSPS) is 11.5. The van der Waals surface area contributed by atoms with Crippen molar-refractivity contribution in [2.24, 2.45) is 0 Å². The van der Waals surface area contributed by atoms with Gasteiger partial charge in [0.15, 0.2) is 0 Å². The molecule has 0 saturated heterocycles. The van der Waals surface area contributed by atoms with E-state index in [0.29, 0.717) is 5.56 Å². The minimum Gasteiger partial charge on any atom is -0.478 e. The zero-order valence-corrected chi connectivity index (χ0v) is 13.8. The average molecular weight is 363 g/mol. The fourth-order valence-electron chi connectivity index (χ4n) is 2.28. The highest BCUT2D eigenvalue weighted by Gasteiger charge is 2.32. The number of nitrogens with one attached hydrogen (secondary N) is 1. The van der Waals surface area contributed by atoms with Crippen LogP contribution in [0.2, 0.25) is 0 Å². The summed E-state index contributed by atoms with van der Waals surface area (Å²) in [5, 5.41) is 11.8. The monoisotopic (exact) mass is 363 g/mol. The molecule has 2 aromatic carbocycles. The van der Waals surface area contributed by atoms with Gasteiger partial charge >= 0.3 is 12.1 Å². The van der Waals surface area contributed by atoms with Crippen LogP contribution in [0, 0.1) is 0 Å². The fourth-order valence-corrected chi connectivity index (χ4v) is 2.28. The van der Waals surface area contributed by atoms with Gasteiger partial charge < -0.3 is 10.4 Å². The Morgan fingerprint density at radius 3 is 2.42 bits per heavy atom. The molecule has 0 radical (unpaired) electrons. The number of carboxylic acid groups (broad SMARTS) is 1. The summed E-state index contributed by atoms with van der Waals surface area (Å²) in [4.78, 5) is 22.8. The predicted octanol–water partition coefficient (Wildman–Crippen LogP) is 4.92. The molecule has 0 aromatic heterocycles. The minimum atomic E-state index is -4.48. The topological polar surface area (TPSA) is 66.4 Å². The predicted molar refractivity (Wildman–Crippen MR) is 92.7 cm³/mol. The number of amides is 1. The molecule has 0 aliphatic heterocycles. The highest BCUT2D eigenvalue weighted by atomic mass is 19.4. The van der Waals surface area contributed by atoms with Crippen molar-refractivity contribution in [3.05, 3.63) is 64.7 Å². The summed E-state index contributed by atoms with van der Waals surface area (Å²) in [6.07, 6.45) is -1.63. The molecule has 0 aliphatic rings. The van der Waals surface area contributed by atoms with E-state index in [2.05, 4.69) is 5.32 Å². The second-order valence-electron chi connectivity index (χ2n) is 5.43. The van der Waals surface area contributed by atoms with E-state index in [0.717, 1.165) is 6.07 Å². The van der Waals surface area contributed by atoms with Gasteiger partial charge in [-0.15, -0.1) is 0 Å². The maximum Gasteiger partial charge on any atom is 0.416 e. The molecule has 0 aliphatic carbocycles. The Bertz CT molecular complexity index is 857. The van der Waals surface area contributed by atoms with E-state index in [1.54, 1.807) is 6.92 Å². The SMILES string of the molecule is CCC(=O)Nc1ccc(C=Cc2ccccc2C(F)(F)F)cc1C(=O)O. The van der Waals surface area contributed by atoms with E-state index in [1.807, 2.05) is 0 Å². The first-order chi connectivity index (χ1) is 12.2. The van der Waals surface area contributed by atoms with Gasteiger partial charge in [0.1, 0.15) is 0 Å². The van der Waals surface area contributed by atoms with Crippen LogP contribution in [0.1, 0.15) is 40.4 Å². The lowest BCUT2D eigenvalue weighted by Gasteiger charge is -2.10. The first kappa shape index (κ1) is 19.2. The van der Waals surface area contributed by atoms with Crippen LogP contribution >= 0.6 is 0 Å². The second kappa shape index (κ2) is 7.86. The van der Waals surface area contributed by atoms with Crippen LogP contribution in [0.3, 0.4) is 0 Å². The quantitative estimate of drug-likeness (QED) is 0.741. The number of carboxylic acids is 1. The molecular formula is C19H16F3NO3. The molecule has 0 spiro atoms. The zero-order chi connectivity index (χ0) is 19.3. The number of alkyl halides is 3. The van der Waals surface area contributed by atoms with Crippen molar-refractivity contribution in [1.82, 2.24) is 0 Å². The Balaban J connectivity index is 2.36. The molecule has 0 heterocycles. The standard InChI is InChI=1S/C19H16F3NO3/c1-2-17(24)23-16-10-8-12(11-14(16)18(25)26)7-9-13-5-3-4-6-15(13)19(20,21)22/h3-11H,2H2,1H3,(H,23,24)(H,25,26). The van der Waals surface area contributed by atoms with Gasteiger partial charge in [-0.25, -0.2) is 4.79 Å². The van der Waals surface area contributed by atoms with E-state index in [9.17, 15) is 27.9 Å². The molecule has 26 heavy (non-hydrogen) atoms. The maximum atomic E-state index is 13.0. The van der Waals surface area contributed by atoms with Gasteiger partial charge in [0.25, 0.3) is 0 Å². The van der Waals surface area contributed by atoms with Gasteiger partial charge in [-0.1, -0.05) is 43.3 Å². The van der Waals surface area contributed by atoms with E-state index >= 15 is 0 Å². The first-order valence-electron chi connectivity index (χ1n) is 7.74. The zero-order valence-electron chi connectivity index (χ0n) is 13.8.